The molecule has 3 heteroatoms. The van der Waals surface area contributed by atoms with Crippen LogP contribution in [0, 0.1) is 0 Å². The normalized spacial score (nSPS) is 10.9. The summed E-state index contributed by atoms with van der Waals surface area (Å²) in [6.45, 7) is 3.99. The van der Waals surface area contributed by atoms with E-state index in [4.69, 9.17) is 4.74 Å². The van der Waals surface area contributed by atoms with E-state index in [1.807, 2.05) is 6.07 Å². The minimum Gasteiger partial charge on any atom is -0.504 e. The average Bonchev–Trinajstić information content (AvgIpc) is 2.49. The maximum atomic E-state index is 9.70. The maximum absolute atomic E-state index is 9.70. The van der Waals surface area contributed by atoms with Crippen molar-refractivity contribution in [3.63, 3.8) is 0 Å². The quantitative estimate of drug-likeness (QED) is 0.430. The number of benzene rings is 1. The molecule has 1 rings (SSSR count). The predicted molar refractivity (Wildman–Crippen MR) is 86.9 cm³/mol. The fourth-order valence-corrected chi connectivity index (χ4v) is 2.35. The first-order chi connectivity index (χ1) is 10.3. The fourth-order valence-electron chi connectivity index (χ4n) is 2.35. The van der Waals surface area contributed by atoms with Gasteiger partial charge in [0, 0.05) is 13.2 Å². The topological polar surface area (TPSA) is 49.7 Å². The van der Waals surface area contributed by atoms with Crippen LogP contribution >= 0.6 is 0 Å². The lowest BCUT2D eigenvalue weighted by molar-refractivity contribution is 0.127. The molecule has 1 aromatic carbocycles. The van der Waals surface area contributed by atoms with Gasteiger partial charge in [0.05, 0.1) is 0 Å². The highest BCUT2D eigenvalue weighted by molar-refractivity contribution is 5.44. The first-order valence-corrected chi connectivity index (χ1v) is 8.33. The molecule has 0 aliphatic rings. The monoisotopic (exact) mass is 294 g/mol. The van der Waals surface area contributed by atoms with Gasteiger partial charge in [-0.2, -0.15) is 0 Å². The van der Waals surface area contributed by atoms with Crippen LogP contribution in [0.3, 0.4) is 0 Å². The first kappa shape index (κ1) is 17.8. The van der Waals surface area contributed by atoms with E-state index in [2.05, 4.69) is 6.92 Å². The molecule has 0 unspecified atom stereocenters. The zero-order valence-electron chi connectivity index (χ0n) is 13.3. The molecule has 0 spiro atoms. The number of unbranched alkanes of at least 4 members (excludes halogenated alkanes) is 6. The Bertz CT molecular complexity index is 377. The average molecular weight is 294 g/mol. The van der Waals surface area contributed by atoms with Crippen molar-refractivity contribution in [3.05, 3.63) is 23.8 Å². The Labute approximate surface area is 129 Å². The van der Waals surface area contributed by atoms with Crippen LogP contribution in [-0.2, 0) is 11.2 Å². The Hall–Kier alpha value is -1.22. The third-order valence-corrected chi connectivity index (χ3v) is 3.73. The van der Waals surface area contributed by atoms with Gasteiger partial charge in [-0.3, -0.25) is 0 Å². The molecule has 2 N–H and O–H groups in total. The van der Waals surface area contributed by atoms with E-state index in [1.54, 1.807) is 6.07 Å². The van der Waals surface area contributed by atoms with Gasteiger partial charge in [0.2, 0.25) is 0 Å². The largest absolute Gasteiger partial charge is 0.504 e. The summed E-state index contributed by atoms with van der Waals surface area (Å²) in [5, 5.41) is 19.1. The summed E-state index contributed by atoms with van der Waals surface area (Å²) in [6, 6.07) is 5.17. The molecule has 0 heterocycles. The van der Waals surface area contributed by atoms with Gasteiger partial charge < -0.3 is 14.9 Å². The molecule has 0 atom stereocenters. The van der Waals surface area contributed by atoms with Gasteiger partial charge in [0.15, 0.2) is 11.5 Å². The van der Waals surface area contributed by atoms with Crippen LogP contribution in [-0.4, -0.2) is 23.4 Å². The highest BCUT2D eigenvalue weighted by Crippen LogP contribution is 2.29. The standard InChI is InChI=1S/C18H30O3/c1-2-3-14-21-15-9-7-5-4-6-8-11-16-12-10-13-17(19)18(16)20/h10,12-13,19-20H,2-9,11,14-15H2,1H3. The van der Waals surface area contributed by atoms with Gasteiger partial charge in [-0.1, -0.05) is 51.2 Å². The summed E-state index contributed by atoms with van der Waals surface area (Å²) in [5.74, 6) is 0.0253. The van der Waals surface area contributed by atoms with Gasteiger partial charge in [0.1, 0.15) is 0 Å². The highest BCUT2D eigenvalue weighted by Gasteiger charge is 2.04. The summed E-state index contributed by atoms with van der Waals surface area (Å²) in [5.41, 5.74) is 0.847. The lowest BCUT2D eigenvalue weighted by Gasteiger charge is -2.06. The van der Waals surface area contributed by atoms with E-state index in [-0.39, 0.29) is 11.5 Å². The van der Waals surface area contributed by atoms with Gasteiger partial charge in [-0.25, -0.2) is 0 Å². The molecule has 0 fully saturated rings. The van der Waals surface area contributed by atoms with E-state index in [0.29, 0.717) is 0 Å². The van der Waals surface area contributed by atoms with Crippen LogP contribution in [0.1, 0.15) is 63.9 Å². The second-order valence-corrected chi connectivity index (χ2v) is 5.62. The molecule has 0 radical (unpaired) electrons. The molecule has 120 valence electrons. The minimum atomic E-state index is -0.0180. The summed E-state index contributed by atoms with van der Waals surface area (Å²) in [7, 11) is 0. The number of rotatable bonds is 12. The molecule has 0 saturated carbocycles. The number of phenols is 2. The lowest BCUT2D eigenvalue weighted by atomic mass is 10.0. The molecule has 0 aromatic heterocycles. The van der Waals surface area contributed by atoms with Crippen LogP contribution in [0.2, 0.25) is 0 Å². The molecule has 0 saturated heterocycles. The number of aryl methyl sites for hydroxylation is 1. The van der Waals surface area contributed by atoms with E-state index >= 15 is 0 Å². The zero-order chi connectivity index (χ0) is 15.3. The molecule has 1 aromatic rings. The zero-order valence-corrected chi connectivity index (χ0v) is 13.3. The Kier molecular flexibility index (Phi) is 9.71. The van der Waals surface area contributed by atoms with Crippen molar-refractivity contribution in [2.45, 2.75) is 64.7 Å². The summed E-state index contributed by atoms with van der Waals surface area (Å²) in [6.07, 6.45) is 10.3. The molecule has 3 nitrogen and oxygen atoms in total. The van der Waals surface area contributed by atoms with Gasteiger partial charge in [-0.05, 0) is 37.3 Å². The summed E-state index contributed by atoms with van der Waals surface area (Å²) in [4.78, 5) is 0. The molecule has 0 aliphatic carbocycles. The first-order valence-electron chi connectivity index (χ1n) is 8.33. The van der Waals surface area contributed by atoms with E-state index in [9.17, 15) is 10.2 Å². The van der Waals surface area contributed by atoms with Crippen molar-refractivity contribution >= 4 is 0 Å². The number of hydrogen-bond acceptors (Lipinski definition) is 3. The number of aromatic hydroxyl groups is 2. The molecular weight excluding hydrogens is 264 g/mol. The molecule has 0 aliphatic heterocycles. The molecule has 0 amide bonds. The molecule has 21 heavy (non-hydrogen) atoms. The third kappa shape index (κ3) is 7.96. The highest BCUT2D eigenvalue weighted by atomic mass is 16.5. The number of ether oxygens (including phenoxy) is 1. The van der Waals surface area contributed by atoms with Gasteiger partial charge >= 0.3 is 0 Å². The third-order valence-electron chi connectivity index (χ3n) is 3.73. The summed E-state index contributed by atoms with van der Waals surface area (Å²) < 4.78 is 5.53. The number of phenolic OH excluding ortho intramolecular Hbond substituents is 2. The van der Waals surface area contributed by atoms with Crippen LogP contribution in [0.5, 0.6) is 11.5 Å². The van der Waals surface area contributed by atoms with E-state index in [1.165, 1.54) is 44.6 Å². The van der Waals surface area contributed by atoms with Crippen molar-refractivity contribution in [3.8, 4) is 11.5 Å². The summed E-state index contributed by atoms with van der Waals surface area (Å²) >= 11 is 0. The van der Waals surface area contributed by atoms with E-state index < -0.39 is 0 Å². The van der Waals surface area contributed by atoms with Crippen LogP contribution < -0.4 is 0 Å². The Morgan fingerprint density at radius 1 is 0.857 bits per heavy atom. The Balaban J connectivity index is 1.94. The molecular formula is C18H30O3. The van der Waals surface area contributed by atoms with Crippen molar-refractivity contribution < 1.29 is 14.9 Å². The van der Waals surface area contributed by atoms with Crippen molar-refractivity contribution in [2.24, 2.45) is 0 Å². The van der Waals surface area contributed by atoms with Crippen LogP contribution in [0.4, 0.5) is 0 Å². The Morgan fingerprint density at radius 2 is 1.52 bits per heavy atom. The SMILES string of the molecule is CCCCOCCCCCCCCc1cccc(O)c1O. The predicted octanol–water partition coefficient (Wildman–Crippen LogP) is 4.80. The van der Waals surface area contributed by atoms with Crippen LogP contribution in [0.25, 0.3) is 0 Å². The second kappa shape index (κ2) is 11.4. The van der Waals surface area contributed by atoms with Gasteiger partial charge in [-0.15, -0.1) is 0 Å². The maximum Gasteiger partial charge on any atom is 0.160 e. The van der Waals surface area contributed by atoms with Crippen molar-refractivity contribution in [1.29, 1.82) is 0 Å². The Morgan fingerprint density at radius 3 is 2.29 bits per heavy atom. The van der Waals surface area contributed by atoms with E-state index in [0.717, 1.165) is 38.0 Å². The van der Waals surface area contributed by atoms with Crippen LogP contribution in [0.15, 0.2) is 18.2 Å². The van der Waals surface area contributed by atoms with Crippen molar-refractivity contribution in [2.75, 3.05) is 13.2 Å². The number of para-hydroxylation sites is 1. The second-order valence-electron chi connectivity index (χ2n) is 5.62. The molecule has 0 bridgehead atoms. The lowest BCUT2D eigenvalue weighted by Crippen LogP contribution is -1.96. The fraction of sp³-hybridized carbons (Fsp3) is 0.667. The van der Waals surface area contributed by atoms with Crippen molar-refractivity contribution in [1.82, 2.24) is 0 Å². The smallest absolute Gasteiger partial charge is 0.160 e. The van der Waals surface area contributed by atoms with Gasteiger partial charge in [0.25, 0.3) is 0 Å². The number of hydrogen-bond donors (Lipinski definition) is 2. The minimum absolute atomic E-state index is 0.0180.